The molecule has 6 heteroatoms. The highest BCUT2D eigenvalue weighted by atomic mass is 16.6. The number of nitrogens with zero attached hydrogens (tertiary/aromatic N) is 1. The SMILES string of the molecule is CCOC(=O)N1Cc2c(OC)cc(CO)c(OC)c2CC1C. The third-order valence-electron chi connectivity index (χ3n) is 3.99. The van der Waals surface area contributed by atoms with Crippen LogP contribution in [0.2, 0.25) is 0 Å². The number of rotatable bonds is 4. The summed E-state index contributed by atoms with van der Waals surface area (Å²) in [5.41, 5.74) is 2.58. The van der Waals surface area contributed by atoms with Crippen LogP contribution < -0.4 is 9.47 Å². The molecule has 0 spiro atoms. The number of hydrogen-bond acceptors (Lipinski definition) is 5. The highest BCUT2D eigenvalue weighted by Gasteiger charge is 2.32. The smallest absolute Gasteiger partial charge is 0.410 e. The Hall–Kier alpha value is -1.95. The van der Waals surface area contributed by atoms with Gasteiger partial charge in [-0.15, -0.1) is 0 Å². The van der Waals surface area contributed by atoms with Crippen molar-refractivity contribution < 1.29 is 24.1 Å². The molecule has 0 aromatic heterocycles. The van der Waals surface area contributed by atoms with E-state index >= 15 is 0 Å². The van der Waals surface area contributed by atoms with E-state index in [4.69, 9.17) is 14.2 Å². The van der Waals surface area contributed by atoms with E-state index in [-0.39, 0.29) is 18.7 Å². The predicted octanol–water partition coefficient (Wildman–Crippen LogP) is 2.10. The summed E-state index contributed by atoms with van der Waals surface area (Å²) in [6.45, 7) is 4.39. The maximum atomic E-state index is 12.1. The fourth-order valence-electron chi connectivity index (χ4n) is 2.92. The van der Waals surface area contributed by atoms with Crippen molar-refractivity contribution in [1.29, 1.82) is 0 Å². The monoisotopic (exact) mass is 309 g/mol. The Bertz CT molecular complexity index is 558. The summed E-state index contributed by atoms with van der Waals surface area (Å²) >= 11 is 0. The van der Waals surface area contributed by atoms with Gasteiger partial charge < -0.3 is 24.2 Å². The van der Waals surface area contributed by atoms with Gasteiger partial charge in [-0.05, 0) is 26.3 Å². The van der Waals surface area contributed by atoms with E-state index < -0.39 is 0 Å². The third kappa shape index (κ3) is 2.83. The second kappa shape index (κ2) is 6.87. The Morgan fingerprint density at radius 1 is 1.36 bits per heavy atom. The fraction of sp³-hybridized carbons (Fsp3) is 0.562. The summed E-state index contributed by atoms with van der Waals surface area (Å²) in [5, 5.41) is 9.53. The van der Waals surface area contributed by atoms with Crippen LogP contribution in [0.15, 0.2) is 6.07 Å². The zero-order valence-electron chi connectivity index (χ0n) is 13.5. The number of methoxy groups -OCH3 is 2. The van der Waals surface area contributed by atoms with Crippen LogP contribution in [-0.4, -0.2) is 43.0 Å². The number of ether oxygens (including phenoxy) is 3. The van der Waals surface area contributed by atoms with Crippen molar-refractivity contribution in [3.8, 4) is 11.5 Å². The zero-order valence-corrected chi connectivity index (χ0v) is 13.5. The average Bonchev–Trinajstić information content (AvgIpc) is 2.52. The summed E-state index contributed by atoms with van der Waals surface area (Å²) in [4.78, 5) is 13.8. The van der Waals surface area contributed by atoms with Gasteiger partial charge in [0.15, 0.2) is 0 Å². The highest BCUT2D eigenvalue weighted by molar-refractivity contribution is 5.69. The summed E-state index contributed by atoms with van der Waals surface area (Å²) in [6.07, 6.45) is 0.300. The molecule has 1 aliphatic rings. The van der Waals surface area contributed by atoms with Gasteiger partial charge in [-0.25, -0.2) is 4.79 Å². The van der Waals surface area contributed by atoms with E-state index in [0.29, 0.717) is 36.6 Å². The zero-order chi connectivity index (χ0) is 16.3. The summed E-state index contributed by atoms with van der Waals surface area (Å²) in [6, 6.07) is 1.75. The molecule has 2 rings (SSSR count). The number of aliphatic hydroxyl groups excluding tert-OH is 1. The van der Waals surface area contributed by atoms with Crippen molar-refractivity contribution in [2.24, 2.45) is 0 Å². The highest BCUT2D eigenvalue weighted by Crippen LogP contribution is 2.39. The molecule has 0 radical (unpaired) electrons. The maximum Gasteiger partial charge on any atom is 0.410 e. The Kier molecular flexibility index (Phi) is 5.13. The molecule has 0 saturated carbocycles. The van der Waals surface area contributed by atoms with Crippen LogP contribution in [-0.2, 0) is 24.3 Å². The molecule has 1 amide bonds. The number of benzene rings is 1. The molecule has 1 heterocycles. The molecule has 122 valence electrons. The van der Waals surface area contributed by atoms with Crippen LogP contribution in [0.3, 0.4) is 0 Å². The molecule has 1 aliphatic heterocycles. The van der Waals surface area contributed by atoms with Crippen molar-refractivity contribution in [3.63, 3.8) is 0 Å². The molecule has 1 unspecified atom stereocenters. The molecule has 1 aromatic carbocycles. The van der Waals surface area contributed by atoms with E-state index in [1.54, 1.807) is 32.1 Å². The largest absolute Gasteiger partial charge is 0.496 e. The Morgan fingerprint density at radius 2 is 2.09 bits per heavy atom. The van der Waals surface area contributed by atoms with E-state index in [1.165, 1.54) is 0 Å². The number of hydrogen-bond donors (Lipinski definition) is 1. The van der Waals surface area contributed by atoms with Crippen LogP contribution in [0, 0.1) is 0 Å². The van der Waals surface area contributed by atoms with Gasteiger partial charge in [-0.2, -0.15) is 0 Å². The molecule has 1 atom stereocenters. The van der Waals surface area contributed by atoms with Gasteiger partial charge in [0.05, 0.1) is 34.0 Å². The number of fused-ring (bicyclic) bond motifs is 1. The van der Waals surface area contributed by atoms with Gasteiger partial charge >= 0.3 is 6.09 Å². The summed E-state index contributed by atoms with van der Waals surface area (Å²) < 4.78 is 16.0. The fourth-order valence-corrected chi connectivity index (χ4v) is 2.92. The minimum absolute atomic E-state index is 0.0147. The maximum absolute atomic E-state index is 12.1. The first-order valence-corrected chi connectivity index (χ1v) is 7.37. The van der Waals surface area contributed by atoms with Crippen LogP contribution in [0.4, 0.5) is 4.79 Å². The third-order valence-corrected chi connectivity index (χ3v) is 3.99. The minimum Gasteiger partial charge on any atom is -0.496 e. The molecule has 6 nitrogen and oxygen atoms in total. The van der Waals surface area contributed by atoms with Crippen molar-refractivity contribution >= 4 is 6.09 Å². The van der Waals surface area contributed by atoms with E-state index in [2.05, 4.69) is 0 Å². The van der Waals surface area contributed by atoms with Gasteiger partial charge in [-0.1, -0.05) is 0 Å². The van der Waals surface area contributed by atoms with Gasteiger partial charge in [0, 0.05) is 22.7 Å². The average molecular weight is 309 g/mol. The normalized spacial score (nSPS) is 17.0. The number of carbonyl (C=O) groups excluding carboxylic acids is 1. The lowest BCUT2D eigenvalue weighted by molar-refractivity contribution is 0.0852. The van der Waals surface area contributed by atoms with Crippen LogP contribution >= 0.6 is 0 Å². The van der Waals surface area contributed by atoms with Crippen molar-refractivity contribution in [2.45, 2.75) is 39.5 Å². The lowest BCUT2D eigenvalue weighted by atomic mass is 9.91. The molecule has 0 aliphatic carbocycles. The van der Waals surface area contributed by atoms with Gasteiger partial charge in [0.1, 0.15) is 11.5 Å². The first kappa shape index (κ1) is 16.4. The second-order valence-electron chi connectivity index (χ2n) is 5.27. The molecular weight excluding hydrogens is 286 g/mol. The molecule has 0 fully saturated rings. The summed E-state index contributed by atoms with van der Waals surface area (Å²) in [5.74, 6) is 1.33. The van der Waals surface area contributed by atoms with Gasteiger partial charge in [0.25, 0.3) is 0 Å². The molecule has 0 saturated heterocycles. The first-order valence-electron chi connectivity index (χ1n) is 7.37. The van der Waals surface area contributed by atoms with Crippen LogP contribution in [0.1, 0.15) is 30.5 Å². The number of aliphatic hydroxyl groups is 1. The van der Waals surface area contributed by atoms with E-state index in [0.717, 1.165) is 11.1 Å². The standard InChI is InChI=1S/C16H23NO5/c1-5-22-16(19)17-8-13-12(6-10(17)2)15(21-4)11(9-18)7-14(13)20-3/h7,10,18H,5-6,8-9H2,1-4H3. The predicted molar refractivity (Wildman–Crippen MR) is 81.2 cm³/mol. The molecular formula is C16H23NO5. The lowest BCUT2D eigenvalue weighted by Crippen LogP contribution is -2.43. The number of amides is 1. The molecule has 1 aromatic rings. The van der Waals surface area contributed by atoms with E-state index in [9.17, 15) is 9.90 Å². The second-order valence-corrected chi connectivity index (χ2v) is 5.27. The first-order chi connectivity index (χ1) is 10.6. The quantitative estimate of drug-likeness (QED) is 0.922. The van der Waals surface area contributed by atoms with Crippen molar-refractivity contribution in [1.82, 2.24) is 4.90 Å². The van der Waals surface area contributed by atoms with Gasteiger partial charge in [-0.3, -0.25) is 0 Å². The molecule has 22 heavy (non-hydrogen) atoms. The van der Waals surface area contributed by atoms with Crippen molar-refractivity contribution in [3.05, 3.63) is 22.8 Å². The molecule has 0 bridgehead atoms. The van der Waals surface area contributed by atoms with Crippen LogP contribution in [0.5, 0.6) is 11.5 Å². The van der Waals surface area contributed by atoms with Crippen LogP contribution in [0.25, 0.3) is 0 Å². The summed E-state index contributed by atoms with van der Waals surface area (Å²) in [7, 11) is 3.17. The van der Waals surface area contributed by atoms with E-state index in [1.807, 2.05) is 6.92 Å². The molecule has 1 N–H and O–H groups in total. The Balaban J connectivity index is 2.48. The Morgan fingerprint density at radius 3 is 2.64 bits per heavy atom. The van der Waals surface area contributed by atoms with Crippen molar-refractivity contribution in [2.75, 3.05) is 20.8 Å². The van der Waals surface area contributed by atoms with Gasteiger partial charge in [0.2, 0.25) is 0 Å². The minimum atomic E-state index is -0.326. The number of carbonyl (C=O) groups is 1. The lowest BCUT2D eigenvalue weighted by Gasteiger charge is -2.35. The topological polar surface area (TPSA) is 68.2 Å². The Labute approximate surface area is 130 Å².